The molecule has 0 aliphatic carbocycles. The molecule has 0 aromatic carbocycles. The molecule has 1 heterocycles. The zero-order chi connectivity index (χ0) is 14.5. The Labute approximate surface area is 118 Å². The highest BCUT2D eigenvalue weighted by Crippen LogP contribution is 2.29. The van der Waals surface area contributed by atoms with Crippen molar-refractivity contribution in [2.45, 2.75) is 46.1 Å². The first-order valence-electron chi connectivity index (χ1n) is 7.49. The summed E-state index contributed by atoms with van der Waals surface area (Å²) in [5.41, 5.74) is 0.261. The molecule has 0 amide bonds. The molecule has 1 aliphatic rings. The second kappa shape index (κ2) is 7.04. The Balaban J connectivity index is 2.63. The zero-order valence-electron chi connectivity index (χ0n) is 12.9. The van der Waals surface area contributed by atoms with Crippen molar-refractivity contribution in [2.24, 2.45) is 5.41 Å². The fraction of sp³-hybridized carbons (Fsp3) is 1.00. The van der Waals surface area contributed by atoms with Gasteiger partial charge in [-0.25, -0.2) is 8.42 Å². The van der Waals surface area contributed by atoms with E-state index in [1.54, 1.807) is 0 Å². The topological polar surface area (TPSA) is 49.4 Å². The van der Waals surface area contributed by atoms with E-state index in [9.17, 15) is 8.42 Å². The summed E-state index contributed by atoms with van der Waals surface area (Å²) in [7, 11) is -0.703. The molecule has 1 rings (SSSR count). The van der Waals surface area contributed by atoms with Crippen LogP contribution < -0.4 is 5.32 Å². The van der Waals surface area contributed by atoms with Crippen molar-refractivity contribution in [1.29, 1.82) is 0 Å². The van der Waals surface area contributed by atoms with E-state index in [1.165, 1.54) is 0 Å². The summed E-state index contributed by atoms with van der Waals surface area (Å²) < 4.78 is 23.2. The van der Waals surface area contributed by atoms with Gasteiger partial charge < -0.3 is 10.2 Å². The Morgan fingerprint density at radius 2 is 1.89 bits per heavy atom. The van der Waals surface area contributed by atoms with Crippen LogP contribution in [0.15, 0.2) is 0 Å². The predicted molar refractivity (Wildman–Crippen MR) is 81.2 cm³/mol. The monoisotopic (exact) mass is 290 g/mol. The van der Waals surface area contributed by atoms with Gasteiger partial charge in [0, 0.05) is 19.1 Å². The maximum Gasteiger partial charge on any atom is 0.151 e. The van der Waals surface area contributed by atoms with Crippen LogP contribution in [0, 0.1) is 5.41 Å². The van der Waals surface area contributed by atoms with Crippen LogP contribution >= 0.6 is 0 Å². The molecule has 0 aromatic heterocycles. The summed E-state index contributed by atoms with van der Waals surface area (Å²) in [6.07, 6.45) is 3.05. The first-order chi connectivity index (χ1) is 8.88. The molecule has 0 radical (unpaired) electrons. The Morgan fingerprint density at radius 1 is 1.26 bits per heavy atom. The molecule has 114 valence electrons. The van der Waals surface area contributed by atoms with Crippen molar-refractivity contribution in [1.82, 2.24) is 10.2 Å². The largest absolute Gasteiger partial charge is 0.316 e. The van der Waals surface area contributed by atoms with E-state index in [-0.39, 0.29) is 11.5 Å². The van der Waals surface area contributed by atoms with Gasteiger partial charge >= 0.3 is 0 Å². The molecule has 0 saturated carbocycles. The average Bonchev–Trinajstić information content (AvgIpc) is 2.75. The zero-order valence-corrected chi connectivity index (χ0v) is 13.7. The molecule has 1 fully saturated rings. The summed E-state index contributed by atoms with van der Waals surface area (Å²) in [4.78, 5) is 2.27. The van der Waals surface area contributed by atoms with Crippen LogP contribution in [0.2, 0.25) is 0 Å². The smallest absolute Gasteiger partial charge is 0.151 e. The highest BCUT2D eigenvalue weighted by atomic mass is 32.2. The molecular formula is C14H30N2O2S. The van der Waals surface area contributed by atoms with Crippen LogP contribution in [0.1, 0.15) is 40.0 Å². The van der Waals surface area contributed by atoms with Crippen molar-refractivity contribution in [2.75, 3.05) is 38.2 Å². The van der Waals surface area contributed by atoms with Gasteiger partial charge in [-0.1, -0.05) is 20.8 Å². The Hall–Kier alpha value is -0.130. The summed E-state index contributed by atoms with van der Waals surface area (Å²) >= 11 is 0. The third kappa shape index (κ3) is 4.72. The molecule has 0 aromatic rings. The van der Waals surface area contributed by atoms with Gasteiger partial charge in [0.1, 0.15) is 0 Å². The highest BCUT2D eigenvalue weighted by molar-refractivity contribution is 7.91. The second-order valence-electron chi connectivity index (χ2n) is 5.96. The Bertz CT molecular complexity index is 364. The molecule has 0 bridgehead atoms. The minimum atomic E-state index is -2.78. The van der Waals surface area contributed by atoms with Gasteiger partial charge in [-0.3, -0.25) is 0 Å². The van der Waals surface area contributed by atoms with E-state index in [4.69, 9.17) is 0 Å². The SMILES string of the molecule is CCNCC(CC)(CC)CN(C)C1CCS(=O)(=O)C1. The molecule has 1 aliphatic heterocycles. The predicted octanol–water partition coefficient (Wildman–Crippen LogP) is 1.52. The molecule has 1 unspecified atom stereocenters. The molecule has 4 nitrogen and oxygen atoms in total. The molecule has 19 heavy (non-hydrogen) atoms. The minimum Gasteiger partial charge on any atom is -0.316 e. The van der Waals surface area contributed by atoms with Gasteiger partial charge in [0.2, 0.25) is 0 Å². The van der Waals surface area contributed by atoms with Crippen molar-refractivity contribution in [3.63, 3.8) is 0 Å². The first kappa shape index (κ1) is 16.9. The first-order valence-corrected chi connectivity index (χ1v) is 9.31. The number of hydrogen-bond donors (Lipinski definition) is 1. The lowest BCUT2D eigenvalue weighted by atomic mass is 9.81. The average molecular weight is 290 g/mol. The number of nitrogens with zero attached hydrogens (tertiary/aromatic N) is 1. The van der Waals surface area contributed by atoms with E-state index in [0.29, 0.717) is 11.5 Å². The molecule has 1 atom stereocenters. The molecule has 5 heteroatoms. The third-order valence-corrected chi connectivity index (χ3v) is 6.42. The van der Waals surface area contributed by atoms with Gasteiger partial charge in [-0.2, -0.15) is 0 Å². The lowest BCUT2D eigenvalue weighted by Crippen LogP contribution is -2.46. The summed E-state index contributed by atoms with van der Waals surface area (Å²) in [5.74, 6) is 0.703. The van der Waals surface area contributed by atoms with Crippen LogP contribution in [-0.2, 0) is 9.84 Å². The Morgan fingerprint density at radius 3 is 2.32 bits per heavy atom. The van der Waals surface area contributed by atoms with E-state index in [2.05, 4.69) is 38.0 Å². The lowest BCUT2D eigenvalue weighted by molar-refractivity contribution is 0.130. The van der Waals surface area contributed by atoms with Crippen molar-refractivity contribution in [3.8, 4) is 0 Å². The highest BCUT2D eigenvalue weighted by Gasteiger charge is 2.34. The van der Waals surface area contributed by atoms with Gasteiger partial charge in [-0.05, 0) is 38.3 Å². The number of sulfone groups is 1. The fourth-order valence-corrected chi connectivity index (χ4v) is 4.76. The molecule has 0 spiro atoms. The molecule has 1 saturated heterocycles. The maximum atomic E-state index is 11.6. The van der Waals surface area contributed by atoms with Gasteiger partial charge in [0.05, 0.1) is 11.5 Å². The minimum absolute atomic E-state index is 0.212. The quantitative estimate of drug-likeness (QED) is 0.736. The summed E-state index contributed by atoms with van der Waals surface area (Å²) in [6.45, 7) is 9.58. The van der Waals surface area contributed by atoms with Crippen LogP contribution in [0.4, 0.5) is 0 Å². The maximum absolute atomic E-state index is 11.6. The van der Waals surface area contributed by atoms with Gasteiger partial charge in [0.15, 0.2) is 9.84 Å². The van der Waals surface area contributed by atoms with Crippen molar-refractivity contribution in [3.05, 3.63) is 0 Å². The molecule has 1 N–H and O–H groups in total. The fourth-order valence-electron chi connectivity index (χ4n) is 2.95. The van der Waals surface area contributed by atoms with E-state index < -0.39 is 9.84 Å². The van der Waals surface area contributed by atoms with Gasteiger partial charge in [-0.15, -0.1) is 0 Å². The van der Waals surface area contributed by atoms with Crippen LogP contribution in [-0.4, -0.2) is 57.5 Å². The van der Waals surface area contributed by atoms with Crippen LogP contribution in [0.25, 0.3) is 0 Å². The number of rotatable bonds is 8. The van der Waals surface area contributed by atoms with Crippen molar-refractivity contribution >= 4 is 9.84 Å². The van der Waals surface area contributed by atoms with E-state index in [0.717, 1.165) is 38.9 Å². The van der Waals surface area contributed by atoms with E-state index >= 15 is 0 Å². The van der Waals surface area contributed by atoms with Crippen LogP contribution in [0.3, 0.4) is 0 Å². The Kier molecular flexibility index (Phi) is 6.27. The second-order valence-corrected chi connectivity index (χ2v) is 8.19. The van der Waals surface area contributed by atoms with Crippen molar-refractivity contribution < 1.29 is 8.42 Å². The summed E-state index contributed by atoms with van der Waals surface area (Å²) in [6, 6.07) is 0.212. The summed E-state index contributed by atoms with van der Waals surface area (Å²) in [5, 5.41) is 3.46. The number of hydrogen-bond acceptors (Lipinski definition) is 4. The third-order valence-electron chi connectivity index (χ3n) is 4.67. The number of nitrogens with one attached hydrogen (secondary N) is 1. The normalized spacial score (nSPS) is 23.1. The van der Waals surface area contributed by atoms with Crippen LogP contribution in [0.5, 0.6) is 0 Å². The standard InChI is InChI=1S/C14H30N2O2S/c1-5-14(6-2,11-15-7-3)12-16(4)13-8-9-19(17,18)10-13/h13,15H,5-12H2,1-4H3. The molecular weight excluding hydrogens is 260 g/mol. The lowest BCUT2D eigenvalue weighted by Gasteiger charge is -2.38. The van der Waals surface area contributed by atoms with Gasteiger partial charge in [0.25, 0.3) is 0 Å². The van der Waals surface area contributed by atoms with E-state index in [1.807, 2.05) is 0 Å².